The third-order valence-corrected chi connectivity index (χ3v) is 3.60. The number of benzene rings is 1. The quantitative estimate of drug-likeness (QED) is 0.898. The number of hydrogen-bond donors (Lipinski definition) is 1. The summed E-state index contributed by atoms with van der Waals surface area (Å²) in [4.78, 5) is 2.21. The van der Waals surface area contributed by atoms with Gasteiger partial charge in [-0.05, 0) is 43.5 Å². The van der Waals surface area contributed by atoms with E-state index >= 15 is 0 Å². The van der Waals surface area contributed by atoms with Crippen LogP contribution in [0.1, 0.15) is 31.4 Å². The second kappa shape index (κ2) is 5.67. The topological polar surface area (TPSA) is 38.5 Å². The van der Waals surface area contributed by atoms with Gasteiger partial charge in [0.05, 0.1) is 0 Å². The van der Waals surface area contributed by atoms with Crippen LogP contribution < -0.4 is 10.6 Å². The number of halogens is 1. The standard InChI is InChI=1S/C14H21FN2O/c1-10(16)13-9-11(15)3-4-14(13)17(2)12-5-7-18-8-6-12/h3-4,9-10,12H,5-8,16H2,1-2H3/t10-/m1/s1. The fourth-order valence-corrected chi connectivity index (χ4v) is 2.48. The average molecular weight is 252 g/mol. The van der Waals surface area contributed by atoms with Crippen LogP contribution in [0, 0.1) is 5.82 Å². The van der Waals surface area contributed by atoms with Gasteiger partial charge in [0.1, 0.15) is 5.82 Å². The predicted molar refractivity (Wildman–Crippen MR) is 71.2 cm³/mol. The van der Waals surface area contributed by atoms with Crippen LogP contribution in [0.25, 0.3) is 0 Å². The van der Waals surface area contributed by atoms with Crippen LogP contribution in [0.3, 0.4) is 0 Å². The monoisotopic (exact) mass is 252 g/mol. The zero-order valence-electron chi connectivity index (χ0n) is 11.0. The van der Waals surface area contributed by atoms with Crippen molar-refractivity contribution in [2.24, 2.45) is 5.73 Å². The molecule has 0 radical (unpaired) electrons. The number of nitrogens with two attached hydrogens (primary N) is 1. The van der Waals surface area contributed by atoms with Crippen LogP contribution in [0.15, 0.2) is 18.2 Å². The summed E-state index contributed by atoms with van der Waals surface area (Å²) >= 11 is 0. The minimum absolute atomic E-state index is 0.169. The van der Waals surface area contributed by atoms with Crippen molar-refractivity contribution in [1.29, 1.82) is 0 Å². The first-order valence-corrected chi connectivity index (χ1v) is 6.45. The van der Waals surface area contributed by atoms with E-state index in [0.717, 1.165) is 37.3 Å². The van der Waals surface area contributed by atoms with Crippen molar-refractivity contribution in [3.8, 4) is 0 Å². The van der Waals surface area contributed by atoms with Crippen LogP contribution in [0.2, 0.25) is 0 Å². The predicted octanol–water partition coefficient (Wildman–Crippen LogP) is 2.46. The van der Waals surface area contributed by atoms with Gasteiger partial charge in [0.25, 0.3) is 0 Å². The lowest BCUT2D eigenvalue weighted by Crippen LogP contribution is -2.37. The lowest BCUT2D eigenvalue weighted by Gasteiger charge is -2.34. The molecule has 1 heterocycles. The van der Waals surface area contributed by atoms with E-state index < -0.39 is 0 Å². The van der Waals surface area contributed by atoms with E-state index in [1.54, 1.807) is 0 Å². The summed E-state index contributed by atoms with van der Waals surface area (Å²) in [5.41, 5.74) is 7.82. The summed E-state index contributed by atoms with van der Waals surface area (Å²) < 4.78 is 18.7. The maximum absolute atomic E-state index is 13.3. The molecule has 4 heteroatoms. The SMILES string of the molecule is C[C@@H](N)c1cc(F)ccc1N(C)C1CCOCC1. The Hall–Kier alpha value is -1.13. The first-order valence-electron chi connectivity index (χ1n) is 6.45. The lowest BCUT2D eigenvalue weighted by molar-refractivity contribution is 0.0854. The lowest BCUT2D eigenvalue weighted by atomic mass is 10.0. The molecule has 100 valence electrons. The molecular formula is C14H21FN2O. The molecule has 1 aromatic carbocycles. The van der Waals surface area contributed by atoms with Gasteiger partial charge in [-0.3, -0.25) is 0 Å². The second-order valence-electron chi connectivity index (χ2n) is 4.95. The van der Waals surface area contributed by atoms with E-state index in [1.165, 1.54) is 12.1 Å². The Morgan fingerprint density at radius 3 is 2.67 bits per heavy atom. The number of rotatable bonds is 3. The molecule has 0 aliphatic carbocycles. The van der Waals surface area contributed by atoms with Gasteiger partial charge in [0.15, 0.2) is 0 Å². The molecule has 0 saturated carbocycles. The number of nitrogens with zero attached hydrogens (tertiary/aromatic N) is 1. The van der Waals surface area contributed by atoms with E-state index in [4.69, 9.17) is 10.5 Å². The number of hydrogen-bond acceptors (Lipinski definition) is 3. The Labute approximate surface area is 108 Å². The van der Waals surface area contributed by atoms with Gasteiger partial charge in [0, 0.05) is 38.0 Å². The zero-order valence-corrected chi connectivity index (χ0v) is 11.0. The van der Waals surface area contributed by atoms with Crippen LogP contribution >= 0.6 is 0 Å². The maximum Gasteiger partial charge on any atom is 0.123 e. The van der Waals surface area contributed by atoms with E-state index in [2.05, 4.69) is 11.9 Å². The Morgan fingerprint density at radius 2 is 2.06 bits per heavy atom. The van der Waals surface area contributed by atoms with Gasteiger partial charge >= 0.3 is 0 Å². The molecule has 3 nitrogen and oxygen atoms in total. The van der Waals surface area contributed by atoms with Crippen molar-refractivity contribution in [1.82, 2.24) is 0 Å². The Balaban J connectivity index is 2.25. The second-order valence-corrected chi connectivity index (χ2v) is 4.95. The molecule has 1 atom stereocenters. The van der Waals surface area contributed by atoms with Crippen LogP contribution in [-0.4, -0.2) is 26.3 Å². The molecule has 0 amide bonds. The highest BCUT2D eigenvalue weighted by molar-refractivity contribution is 5.55. The average Bonchev–Trinajstić information content (AvgIpc) is 2.39. The van der Waals surface area contributed by atoms with Gasteiger partial charge in [-0.15, -0.1) is 0 Å². The van der Waals surface area contributed by atoms with Crippen LogP contribution in [-0.2, 0) is 4.74 Å². The Morgan fingerprint density at radius 1 is 1.39 bits per heavy atom. The van der Waals surface area contributed by atoms with Gasteiger partial charge in [-0.25, -0.2) is 4.39 Å². The largest absolute Gasteiger partial charge is 0.381 e. The Kier molecular flexibility index (Phi) is 4.19. The minimum Gasteiger partial charge on any atom is -0.381 e. The molecule has 0 spiro atoms. The molecular weight excluding hydrogens is 231 g/mol. The molecule has 1 saturated heterocycles. The molecule has 18 heavy (non-hydrogen) atoms. The number of ether oxygens (including phenoxy) is 1. The highest BCUT2D eigenvalue weighted by Crippen LogP contribution is 2.29. The third kappa shape index (κ3) is 2.82. The van der Waals surface area contributed by atoms with E-state index in [-0.39, 0.29) is 11.9 Å². The van der Waals surface area contributed by atoms with Gasteiger partial charge in [-0.1, -0.05) is 0 Å². The van der Waals surface area contributed by atoms with Crippen molar-refractivity contribution in [2.45, 2.75) is 31.8 Å². The van der Waals surface area contributed by atoms with Crippen molar-refractivity contribution >= 4 is 5.69 Å². The normalized spacial score (nSPS) is 18.7. The fourth-order valence-electron chi connectivity index (χ4n) is 2.48. The molecule has 2 rings (SSSR count). The summed E-state index contributed by atoms with van der Waals surface area (Å²) in [6, 6.07) is 5.13. The first-order chi connectivity index (χ1) is 8.59. The fraction of sp³-hybridized carbons (Fsp3) is 0.571. The van der Waals surface area contributed by atoms with E-state index in [0.29, 0.717) is 6.04 Å². The molecule has 1 fully saturated rings. The van der Waals surface area contributed by atoms with Gasteiger partial charge < -0.3 is 15.4 Å². The van der Waals surface area contributed by atoms with Crippen LogP contribution in [0.5, 0.6) is 0 Å². The molecule has 2 N–H and O–H groups in total. The maximum atomic E-state index is 13.3. The molecule has 1 aromatic rings. The Bertz CT molecular complexity index is 403. The summed E-state index contributed by atoms with van der Waals surface area (Å²) in [5, 5.41) is 0. The summed E-state index contributed by atoms with van der Waals surface area (Å²) in [7, 11) is 2.05. The summed E-state index contributed by atoms with van der Waals surface area (Å²) in [5.74, 6) is -0.230. The highest BCUT2D eigenvalue weighted by atomic mass is 19.1. The molecule has 1 aliphatic rings. The minimum atomic E-state index is -0.230. The van der Waals surface area contributed by atoms with Gasteiger partial charge in [0.2, 0.25) is 0 Å². The van der Waals surface area contributed by atoms with E-state index in [9.17, 15) is 4.39 Å². The highest BCUT2D eigenvalue weighted by Gasteiger charge is 2.21. The third-order valence-electron chi connectivity index (χ3n) is 3.60. The van der Waals surface area contributed by atoms with Crippen LogP contribution in [0.4, 0.5) is 10.1 Å². The molecule has 0 unspecified atom stereocenters. The molecule has 1 aliphatic heterocycles. The summed E-state index contributed by atoms with van der Waals surface area (Å²) in [6.07, 6.45) is 2.01. The molecule has 0 aromatic heterocycles. The number of anilines is 1. The van der Waals surface area contributed by atoms with Crippen molar-refractivity contribution in [3.05, 3.63) is 29.6 Å². The van der Waals surface area contributed by atoms with Gasteiger partial charge in [-0.2, -0.15) is 0 Å². The zero-order chi connectivity index (χ0) is 13.1. The first kappa shape index (κ1) is 13.3. The smallest absolute Gasteiger partial charge is 0.123 e. The van der Waals surface area contributed by atoms with E-state index in [1.807, 2.05) is 13.0 Å². The molecule has 0 bridgehead atoms. The van der Waals surface area contributed by atoms with Crippen molar-refractivity contribution < 1.29 is 9.13 Å². The van der Waals surface area contributed by atoms with Crippen molar-refractivity contribution in [3.63, 3.8) is 0 Å². The van der Waals surface area contributed by atoms with Crippen molar-refractivity contribution in [2.75, 3.05) is 25.2 Å². The summed E-state index contributed by atoms with van der Waals surface area (Å²) in [6.45, 7) is 3.48.